The molecule has 0 unspecified atom stereocenters. The number of hydrogen-bond donors (Lipinski definition) is 1. The van der Waals surface area contributed by atoms with Crippen molar-refractivity contribution in [3.8, 4) is 0 Å². The summed E-state index contributed by atoms with van der Waals surface area (Å²) in [6.07, 6.45) is 0. The van der Waals surface area contributed by atoms with Gasteiger partial charge in [-0.2, -0.15) is 0 Å². The first-order valence-corrected chi connectivity index (χ1v) is 8.83. The van der Waals surface area contributed by atoms with Crippen molar-refractivity contribution in [2.24, 2.45) is 0 Å². The van der Waals surface area contributed by atoms with Gasteiger partial charge in [0.2, 0.25) is 0 Å². The summed E-state index contributed by atoms with van der Waals surface area (Å²) >= 11 is 6.19. The highest BCUT2D eigenvalue weighted by Crippen LogP contribution is 2.34. The van der Waals surface area contributed by atoms with Crippen molar-refractivity contribution >= 4 is 32.5 Å². The lowest BCUT2D eigenvalue weighted by molar-refractivity contribution is -0.0442. The normalized spacial score (nSPS) is 13.2. The van der Waals surface area contributed by atoms with Crippen LogP contribution in [-0.4, -0.2) is 31.5 Å². The maximum absolute atomic E-state index is 12.8. The summed E-state index contributed by atoms with van der Waals surface area (Å²) in [5, 5.41) is 0.977. The molecule has 1 aromatic heterocycles. The number of nitrogens with one attached hydrogen (secondary N) is 1. The van der Waals surface area contributed by atoms with Gasteiger partial charge < -0.3 is 4.98 Å². The maximum atomic E-state index is 12.8. The third kappa shape index (κ3) is 2.88. The molecule has 0 spiro atoms. The third-order valence-corrected chi connectivity index (χ3v) is 5.81. The summed E-state index contributed by atoms with van der Waals surface area (Å²) < 4.78 is 26.5. The van der Waals surface area contributed by atoms with Gasteiger partial charge in [0.1, 0.15) is 4.90 Å². The van der Waals surface area contributed by atoms with E-state index < -0.39 is 10.0 Å². The van der Waals surface area contributed by atoms with Crippen molar-refractivity contribution in [3.05, 3.63) is 28.9 Å². The molecule has 1 heterocycles. The molecule has 1 N–H and O–H groups in total. The first-order valence-electron chi connectivity index (χ1n) is 7.01. The van der Waals surface area contributed by atoms with Crippen LogP contribution >= 0.6 is 11.6 Å². The Bertz CT molecular complexity index is 787. The van der Waals surface area contributed by atoms with Crippen LogP contribution in [0.5, 0.6) is 0 Å². The van der Waals surface area contributed by atoms with E-state index >= 15 is 0 Å². The number of benzene rings is 1. The highest BCUT2D eigenvalue weighted by molar-refractivity contribution is 7.89. The zero-order valence-corrected chi connectivity index (χ0v) is 15.0. The van der Waals surface area contributed by atoms with Crippen LogP contribution in [0.1, 0.15) is 33.4 Å². The molecule has 122 valence electrons. The minimum Gasteiger partial charge on any atom is -0.357 e. The van der Waals surface area contributed by atoms with E-state index in [-0.39, 0.29) is 21.9 Å². The molecule has 0 saturated carbocycles. The molecule has 0 bridgehead atoms. The van der Waals surface area contributed by atoms with Gasteiger partial charge in [0, 0.05) is 23.0 Å². The van der Waals surface area contributed by atoms with Crippen molar-refractivity contribution in [1.29, 1.82) is 0 Å². The van der Waals surface area contributed by atoms with Crippen LogP contribution in [0.4, 0.5) is 0 Å². The summed E-state index contributed by atoms with van der Waals surface area (Å²) in [5.41, 5.74) is 1.33. The Morgan fingerprint density at radius 1 is 1.32 bits per heavy atom. The number of aromatic nitrogens is 1. The molecule has 0 radical (unpaired) electrons. The van der Waals surface area contributed by atoms with Crippen molar-refractivity contribution < 1.29 is 13.3 Å². The molecule has 0 saturated heterocycles. The van der Waals surface area contributed by atoms with Crippen LogP contribution in [0.25, 0.3) is 10.9 Å². The number of fused-ring (bicyclic) bond motifs is 1. The average Bonchev–Trinajstić information content (AvgIpc) is 2.82. The van der Waals surface area contributed by atoms with E-state index in [1.54, 1.807) is 13.0 Å². The fourth-order valence-corrected chi connectivity index (χ4v) is 4.23. The van der Waals surface area contributed by atoms with Gasteiger partial charge in [-0.15, -0.1) is 0 Å². The van der Waals surface area contributed by atoms with Crippen LogP contribution in [0.2, 0.25) is 5.02 Å². The van der Waals surface area contributed by atoms with Gasteiger partial charge in [-0.3, -0.25) is 4.84 Å². The zero-order valence-electron chi connectivity index (χ0n) is 13.4. The van der Waals surface area contributed by atoms with Gasteiger partial charge in [0.15, 0.2) is 0 Å². The molecule has 0 fully saturated rings. The summed E-state index contributed by atoms with van der Waals surface area (Å²) in [5.74, 6) is 0. The predicted molar refractivity (Wildman–Crippen MR) is 88.6 cm³/mol. The fourth-order valence-electron chi connectivity index (χ4n) is 2.30. The van der Waals surface area contributed by atoms with Gasteiger partial charge >= 0.3 is 0 Å². The quantitative estimate of drug-likeness (QED) is 0.860. The molecule has 0 aliphatic rings. The van der Waals surface area contributed by atoms with Crippen LogP contribution in [-0.2, 0) is 20.3 Å². The number of H-pyrrole nitrogens is 1. The van der Waals surface area contributed by atoms with Crippen molar-refractivity contribution in [2.75, 3.05) is 13.7 Å². The molecular formula is C15H21ClN2O3S. The summed E-state index contributed by atoms with van der Waals surface area (Å²) in [4.78, 5) is 8.22. The largest absolute Gasteiger partial charge is 0.357 e. The van der Waals surface area contributed by atoms with E-state index in [1.165, 1.54) is 7.11 Å². The van der Waals surface area contributed by atoms with E-state index in [0.29, 0.717) is 5.52 Å². The van der Waals surface area contributed by atoms with Gasteiger partial charge in [-0.05, 0) is 19.1 Å². The van der Waals surface area contributed by atoms with Gasteiger partial charge in [-0.25, -0.2) is 8.42 Å². The topological polar surface area (TPSA) is 62.4 Å². The standard InChI is InChI=1S/C15H21ClN2O3S/c1-6-18(21-5)22(19,20)14-11(16)8-7-10-9-12(15(2,3)4)17-13(10)14/h7-9,17H,6H2,1-5H3. The maximum Gasteiger partial charge on any atom is 0.268 e. The minimum atomic E-state index is -3.84. The SMILES string of the molecule is CCN(OC)S(=O)(=O)c1c(Cl)ccc2cc(C(C)(C)C)[nH]c12. The van der Waals surface area contributed by atoms with Crippen LogP contribution < -0.4 is 0 Å². The second kappa shape index (κ2) is 5.85. The molecule has 0 aliphatic carbocycles. The second-order valence-corrected chi connectivity index (χ2v) is 8.25. The number of sulfonamides is 1. The van der Waals surface area contributed by atoms with E-state index in [2.05, 4.69) is 25.8 Å². The highest BCUT2D eigenvalue weighted by Gasteiger charge is 2.30. The number of halogens is 1. The lowest BCUT2D eigenvalue weighted by Gasteiger charge is -2.19. The van der Waals surface area contributed by atoms with E-state index in [4.69, 9.17) is 16.4 Å². The van der Waals surface area contributed by atoms with E-state index in [9.17, 15) is 8.42 Å². The van der Waals surface area contributed by atoms with Crippen molar-refractivity contribution in [1.82, 2.24) is 9.45 Å². The monoisotopic (exact) mass is 344 g/mol. The van der Waals surface area contributed by atoms with E-state index in [1.807, 2.05) is 12.1 Å². The van der Waals surface area contributed by atoms with Gasteiger partial charge in [0.05, 0.1) is 17.6 Å². The molecular weight excluding hydrogens is 324 g/mol. The number of rotatable bonds is 4. The third-order valence-electron chi connectivity index (χ3n) is 3.50. The first kappa shape index (κ1) is 17.3. The highest BCUT2D eigenvalue weighted by atomic mass is 35.5. The zero-order chi connectivity index (χ0) is 16.7. The Morgan fingerprint density at radius 2 is 1.95 bits per heavy atom. The molecule has 22 heavy (non-hydrogen) atoms. The van der Waals surface area contributed by atoms with E-state index in [0.717, 1.165) is 15.5 Å². The Morgan fingerprint density at radius 3 is 2.45 bits per heavy atom. The Balaban J connectivity index is 2.78. The summed E-state index contributed by atoms with van der Waals surface area (Å²) in [6, 6.07) is 5.36. The molecule has 5 nitrogen and oxygen atoms in total. The molecule has 0 aliphatic heterocycles. The summed E-state index contributed by atoms with van der Waals surface area (Å²) in [7, 11) is -2.52. The first-order chi connectivity index (χ1) is 10.1. The predicted octanol–water partition coefficient (Wildman–Crippen LogP) is 3.69. The van der Waals surface area contributed by atoms with Crippen molar-refractivity contribution in [2.45, 2.75) is 38.0 Å². The number of nitrogens with zero attached hydrogens (tertiary/aromatic N) is 1. The number of hydrogen-bond acceptors (Lipinski definition) is 3. The molecule has 2 rings (SSSR count). The molecule has 7 heteroatoms. The molecule has 2 aromatic rings. The molecule has 0 amide bonds. The van der Waals surface area contributed by atoms with Gasteiger partial charge in [-0.1, -0.05) is 42.9 Å². The summed E-state index contributed by atoms with van der Waals surface area (Å²) in [6.45, 7) is 8.06. The number of hydroxylamine groups is 1. The van der Waals surface area contributed by atoms with Gasteiger partial charge in [0.25, 0.3) is 10.0 Å². The lowest BCUT2D eigenvalue weighted by Crippen LogP contribution is -2.30. The van der Waals surface area contributed by atoms with Crippen LogP contribution in [0, 0.1) is 0 Å². The molecule has 0 atom stereocenters. The van der Waals surface area contributed by atoms with Crippen molar-refractivity contribution in [3.63, 3.8) is 0 Å². The minimum absolute atomic E-state index is 0.0471. The van der Waals surface area contributed by atoms with Crippen LogP contribution in [0.3, 0.4) is 0 Å². The number of aromatic amines is 1. The lowest BCUT2D eigenvalue weighted by atomic mass is 9.92. The second-order valence-electron chi connectivity index (χ2n) is 6.08. The Labute approximate surface area is 136 Å². The molecule has 1 aromatic carbocycles. The smallest absolute Gasteiger partial charge is 0.268 e. The van der Waals surface area contributed by atoms with Crippen LogP contribution in [0.15, 0.2) is 23.1 Å². The Hall–Kier alpha value is -1.08. The Kier molecular flexibility index (Phi) is 4.59. The fraction of sp³-hybridized carbons (Fsp3) is 0.467. The average molecular weight is 345 g/mol.